The Bertz CT molecular complexity index is 128. The van der Waals surface area contributed by atoms with Crippen LogP contribution in [0, 0.1) is 5.92 Å². The number of methoxy groups -OCH3 is 2. The van der Waals surface area contributed by atoms with Crippen molar-refractivity contribution >= 4 is 0 Å². The highest BCUT2D eigenvalue weighted by Crippen LogP contribution is 2.36. The third-order valence-corrected chi connectivity index (χ3v) is 2.65. The monoisotopic (exact) mass is 176 g/mol. The second-order valence-corrected chi connectivity index (χ2v) is 3.33. The summed E-state index contributed by atoms with van der Waals surface area (Å²) < 4.78 is 23.2. The van der Waals surface area contributed by atoms with Gasteiger partial charge in [-0.25, -0.2) is 0 Å². The lowest BCUT2D eigenvalue weighted by molar-refractivity contribution is -0.326. The van der Waals surface area contributed by atoms with E-state index in [9.17, 15) is 4.39 Å². The maximum absolute atomic E-state index is 13.7. The summed E-state index contributed by atoms with van der Waals surface area (Å²) in [4.78, 5) is 0. The van der Waals surface area contributed by atoms with Gasteiger partial charge in [-0.05, 0) is 12.8 Å². The maximum atomic E-state index is 13.7. The Morgan fingerprint density at radius 2 is 1.58 bits per heavy atom. The van der Waals surface area contributed by atoms with Crippen molar-refractivity contribution in [3.8, 4) is 0 Å². The lowest BCUT2D eigenvalue weighted by atomic mass is 9.88. The standard InChI is InChI=1S/C9H17FO2/c1-11-9(10,12-2)8-6-4-3-5-7-8/h8H,3-7H2,1-2H3. The number of hydrogen-bond donors (Lipinski definition) is 0. The quantitative estimate of drug-likeness (QED) is 0.615. The fourth-order valence-electron chi connectivity index (χ4n) is 1.86. The van der Waals surface area contributed by atoms with Crippen molar-refractivity contribution in [2.45, 2.75) is 38.1 Å². The van der Waals surface area contributed by atoms with Crippen LogP contribution >= 0.6 is 0 Å². The Morgan fingerprint density at radius 1 is 1.08 bits per heavy atom. The Balaban J connectivity index is 2.51. The van der Waals surface area contributed by atoms with Crippen LogP contribution in [-0.4, -0.2) is 20.3 Å². The van der Waals surface area contributed by atoms with Gasteiger partial charge in [-0.3, -0.25) is 0 Å². The van der Waals surface area contributed by atoms with Crippen LogP contribution < -0.4 is 0 Å². The Morgan fingerprint density at radius 3 is 2.00 bits per heavy atom. The minimum atomic E-state index is -1.85. The second kappa shape index (κ2) is 4.19. The van der Waals surface area contributed by atoms with Gasteiger partial charge in [0.15, 0.2) is 0 Å². The van der Waals surface area contributed by atoms with Gasteiger partial charge in [0.05, 0.1) is 0 Å². The van der Waals surface area contributed by atoms with Crippen molar-refractivity contribution in [1.82, 2.24) is 0 Å². The van der Waals surface area contributed by atoms with Crippen LogP contribution in [0.5, 0.6) is 0 Å². The van der Waals surface area contributed by atoms with Gasteiger partial charge in [-0.2, -0.15) is 4.39 Å². The second-order valence-electron chi connectivity index (χ2n) is 3.33. The van der Waals surface area contributed by atoms with Gasteiger partial charge >= 0.3 is 6.04 Å². The van der Waals surface area contributed by atoms with Gasteiger partial charge in [0.1, 0.15) is 0 Å². The molecule has 0 heterocycles. The number of ether oxygens (including phenoxy) is 2. The van der Waals surface area contributed by atoms with Crippen molar-refractivity contribution in [3.05, 3.63) is 0 Å². The van der Waals surface area contributed by atoms with Crippen LogP contribution in [0.4, 0.5) is 4.39 Å². The molecule has 0 spiro atoms. The van der Waals surface area contributed by atoms with Gasteiger partial charge in [-0.15, -0.1) is 0 Å². The Labute approximate surface area is 73.0 Å². The molecule has 1 saturated carbocycles. The van der Waals surface area contributed by atoms with E-state index in [1.807, 2.05) is 0 Å². The molecule has 2 nitrogen and oxygen atoms in total. The molecule has 1 aliphatic carbocycles. The van der Waals surface area contributed by atoms with Gasteiger partial charge in [-0.1, -0.05) is 19.3 Å². The van der Waals surface area contributed by atoms with E-state index in [2.05, 4.69) is 0 Å². The molecule has 1 rings (SSSR count). The molecule has 0 unspecified atom stereocenters. The summed E-state index contributed by atoms with van der Waals surface area (Å²) in [6.07, 6.45) is 5.13. The molecular weight excluding hydrogens is 159 g/mol. The molecule has 0 saturated heterocycles. The first-order valence-electron chi connectivity index (χ1n) is 4.52. The minimum Gasteiger partial charge on any atom is -0.327 e. The van der Waals surface area contributed by atoms with Gasteiger partial charge in [0.2, 0.25) is 0 Å². The number of hydrogen-bond acceptors (Lipinski definition) is 2. The van der Waals surface area contributed by atoms with E-state index in [4.69, 9.17) is 9.47 Å². The smallest absolute Gasteiger partial charge is 0.322 e. The van der Waals surface area contributed by atoms with Crippen LogP contribution in [0.15, 0.2) is 0 Å². The zero-order chi connectivity index (χ0) is 9.03. The first kappa shape index (κ1) is 9.93. The molecule has 0 N–H and O–H groups in total. The van der Waals surface area contributed by atoms with E-state index in [1.54, 1.807) is 0 Å². The topological polar surface area (TPSA) is 18.5 Å². The molecule has 0 aromatic carbocycles. The molecule has 0 aliphatic heterocycles. The van der Waals surface area contributed by atoms with Crippen molar-refractivity contribution < 1.29 is 13.9 Å². The lowest BCUT2D eigenvalue weighted by Gasteiger charge is -2.32. The van der Waals surface area contributed by atoms with Crippen LogP contribution in [0.25, 0.3) is 0 Å². The molecule has 0 atom stereocenters. The van der Waals surface area contributed by atoms with E-state index in [1.165, 1.54) is 20.6 Å². The summed E-state index contributed by atoms with van der Waals surface area (Å²) in [6, 6.07) is -1.85. The van der Waals surface area contributed by atoms with Crippen LogP contribution in [0.1, 0.15) is 32.1 Å². The highest BCUT2D eigenvalue weighted by molar-refractivity contribution is 4.73. The fraction of sp³-hybridized carbons (Fsp3) is 1.00. The third kappa shape index (κ3) is 1.96. The number of halogens is 1. The Hall–Kier alpha value is -0.150. The highest BCUT2D eigenvalue weighted by atomic mass is 19.2. The summed E-state index contributed by atoms with van der Waals surface area (Å²) in [5, 5.41) is 0. The molecule has 3 heteroatoms. The summed E-state index contributed by atoms with van der Waals surface area (Å²) in [5.41, 5.74) is 0. The molecule has 72 valence electrons. The van der Waals surface area contributed by atoms with Gasteiger partial charge in [0, 0.05) is 20.1 Å². The zero-order valence-electron chi connectivity index (χ0n) is 7.81. The molecule has 0 bridgehead atoms. The van der Waals surface area contributed by atoms with E-state index in [-0.39, 0.29) is 5.92 Å². The molecular formula is C9H17FO2. The molecule has 0 radical (unpaired) electrons. The maximum Gasteiger partial charge on any atom is 0.322 e. The van der Waals surface area contributed by atoms with E-state index in [0.29, 0.717) is 0 Å². The van der Waals surface area contributed by atoms with Crippen LogP contribution in [-0.2, 0) is 9.47 Å². The minimum absolute atomic E-state index is 0.0822. The van der Waals surface area contributed by atoms with Crippen molar-refractivity contribution in [1.29, 1.82) is 0 Å². The predicted molar refractivity (Wildman–Crippen MR) is 44.4 cm³/mol. The SMILES string of the molecule is COC(F)(OC)C1CCCCC1. The van der Waals surface area contributed by atoms with E-state index in [0.717, 1.165) is 25.7 Å². The van der Waals surface area contributed by atoms with Crippen molar-refractivity contribution in [2.75, 3.05) is 14.2 Å². The van der Waals surface area contributed by atoms with E-state index < -0.39 is 6.04 Å². The molecule has 0 aromatic heterocycles. The number of alkyl halides is 1. The van der Waals surface area contributed by atoms with E-state index >= 15 is 0 Å². The average Bonchev–Trinajstić information content (AvgIpc) is 2.18. The fourth-order valence-corrected chi connectivity index (χ4v) is 1.86. The average molecular weight is 176 g/mol. The first-order chi connectivity index (χ1) is 5.73. The van der Waals surface area contributed by atoms with Crippen molar-refractivity contribution in [2.24, 2.45) is 5.92 Å². The molecule has 0 amide bonds. The summed E-state index contributed by atoms with van der Waals surface area (Å²) >= 11 is 0. The zero-order valence-corrected chi connectivity index (χ0v) is 7.81. The highest BCUT2D eigenvalue weighted by Gasteiger charge is 2.40. The molecule has 0 aromatic rings. The largest absolute Gasteiger partial charge is 0.327 e. The summed E-state index contributed by atoms with van der Waals surface area (Å²) in [7, 11) is 2.72. The lowest BCUT2D eigenvalue weighted by Crippen LogP contribution is -2.38. The predicted octanol–water partition coefficient (Wildman–Crippen LogP) is 2.48. The summed E-state index contributed by atoms with van der Waals surface area (Å²) in [5.74, 6) is -0.0822. The molecule has 1 aliphatic rings. The van der Waals surface area contributed by atoms with Crippen LogP contribution in [0.2, 0.25) is 0 Å². The first-order valence-corrected chi connectivity index (χ1v) is 4.52. The van der Waals surface area contributed by atoms with Gasteiger partial charge in [0.25, 0.3) is 0 Å². The van der Waals surface area contributed by atoms with Gasteiger partial charge < -0.3 is 9.47 Å². The Kier molecular flexibility index (Phi) is 3.47. The third-order valence-electron chi connectivity index (χ3n) is 2.65. The van der Waals surface area contributed by atoms with Crippen LogP contribution in [0.3, 0.4) is 0 Å². The number of rotatable bonds is 3. The van der Waals surface area contributed by atoms with Crippen molar-refractivity contribution in [3.63, 3.8) is 0 Å². The molecule has 1 fully saturated rings. The normalized spacial score (nSPS) is 21.2. The summed E-state index contributed by atoms with van der Waals surface area (Å²) in [6.45, 7) is 0. The molecule has 12 heavy (non-hydrogen) atoms.